The molecule has 4 heteroatoms. The molecule has 1 saturated carbocycles. The first kappa shape index (κ1) is 14.2. The molecule has 18 heavy (non-hydrogen) atoms. The van der Waals surface area contributed by atoms with Gasteiger partial charge in [0.05, 0.1) is 10.6 Å². The molecule has 0 radical (unpaired) electrons. The van der Waals surface area contributed by atoms with E-state index in [2.05, 4.69) is 21.2 Å². The standard InChI is InChI=1S/C14H19BrClNO/c15-12-9-11(5-6-13(12)16)17-10-14(18)7-3-1-2-4-8-14/h5-6,9,17-18H,1-4,7-8,10H2. The van der Waals surface area contributed by atoms with E-state index in [0.29, 0.717) is 11.6 Å². The average molecular weight is 333 g/mol. The van der Waals surface area contributed by atoms with Crippen molar-refractivity contribution in [2.45, 2.75) is 44.1 Å². The molecule has 0 aromatic heterocycles. The van der Waals surface area contributed by atoms with Gasteiger partial charge in [0.2, 0.25) is 0 Å². The van der Waals surface area contributed by atoms with Gasteiger partial charge in [0.1, 0.15) is 0 Å². The quantitative estimate of drug-likeness (QED) is 0.793. The predicted octanol–water partition coefficient (Wildman–Crippen LogP) is 4.60. The van der Waals surface area contributed by atoms with Crippen LogP contribution in [0, 0.1) is 0 Å². The Morgan fingerprint density at radius 2 is 1.89 bits per heavy atom. The molecule has 0 saturated heterocycles. The number of aliphatic hydroxyl groups is 1. The number of nitrogens with one attached hydrogen (secondary N) is 1. The maximum atomic E-state index is 10.5. The largest absolute Gasteiger partial charge is 0.388 e. The van der Waals surface area contributed by atoms with Crippen LogP contribution in [0.3, 0.4) is 0 Å². The van der Waals surface area contributed by atoms with E-state index in [1.54, 1.807) is 0 Å². The van der Waals surface area contributed by atoms with Crippen molar-refractivity contribution in [3.8, 4) is 0 Å². The summed E-state index contributed by atoms with van der Waals surface area (Å²) >= 11 is 9.36. The van der Waals surface area contributed by atoms with Gasteiger partial charge in [0.25, 0.3) is 0 Å². The number of hydrogen-bond donors (Lipinski definition) is 2. The second kappa shape index (κ2) is 6.27. The summed E-state index contributed by atoms with van der Waals surface area (Å²) in [6.07, 6.45) is 6.54. The smallest absolute Gasteiger partial charge is 0.0819 e. The number of hydrogen-bond acceptors (Lipinski definition) is 2. The summed E-state index contributed by atoms with van der Waals surface area (Å²) in [5.41, 5.74) is 0.437. The first-order valence-electron chi connectivity index (χ1n) is 6.50. The van der Waals surface area contributed by atoms with Gasteiger partial charge in [-0.1, -0.05) is 37.3 Å². The number of anilines is 1. The molecular formula is C14H19BrClNO. The van der Waals surface area contributed by atoms with Crippen molar-refractivity contribution in [2.24, 2.45) is 0 Å². The molecule has 0 spiro atoms. The second-order valence-corrected chi connectivity index (χ2v) is 6.38. The Morgan fingerprint density at radius 1 is 1.22 bits per heavy atom. The highest BCUT2D eigenvalue weighted by Crippen LogP contribution is 2.29. The highest BCUT2D eigenvalue weighted by atomic mass is 79.9. The highest BCUT2D eigenvalue weighted by Gasteiger charge is 2.27. The minimum Gasteiger partial charge on any atom is -0.388 e. The van der Waals surface area contributed by atoms with Crippen LogP contribution < -0.4 is 5.32 Å². The molecule has 2 nitrogen and oxygen atoms in total. The molecule has 100 valence electrons. The van der Waals surface area contributed by atoms with E-state index < -0.39 is 5.60 Å². The van der Waals surface area contributed by atoms with Crippen LogP contribution in [0.1, 0.15) is 38.5 Å². The zero-order chi connectivity index (χ0) is 13.0. The van der Waals surface area contributed by atoms with E-state index >= 15 is 0 Å². The SMILES string of the molecule is OC1(CNc2ccc(Cl)c(Br)c2)CCCCCC1. The Morgan fingerprint density at radius 3 is 2.50 bits per heavy atom. The summed E-state index contributed by atoms with van der Waals surface area (Å²) in [4.78, 5) is 0. The summed E-state index contributed by atoms with van der Waals surface area (Å²) in [5.74, 6) is 0. The van der Waals surface area contributed by atoms with Gasteiger partial charge in [-0.2, -0.15) is 0 Å². The molecule has 1 aromatic rings. The summed E-state index contributed by atoms with van der Waals surface area (Å²) < 4.78 is 0.877. The Bertz CT molecular complexity index is 403. The third-order valence-corrected chi connectivity index (χ3v) is 4.79. The normalized spacial score (nSPS) is 19.3. The van der Waals surface area contributed by atoms with E-state index in [1.807, 2.05) is 18.2 Å². The van der Waals surface area contributed by atoms with Crippen molar-refractivity contribution in [1.29, 1.82) is 0 Å². The van der Waals surface area contributed by atoms with Crippen molar-refractivity contribution in [3.63, 3.8) is 0 Å². The fourth-order valence-corrected chi connectivity index (χ4v) is 2.93. The number of rotatable bonds is 3. The Balaban J connectivity index is 1.95. The Hall–Kier alpha value is -0.250. The lowest BCUT2D eigenvalue weighted by molar-refractivity contribution is 0.0381. The molecule has 0 unspecified atom stereocenters. The Kier molecular flexibility index (Phi) is 4.93. The Labute approximate surface area is 122 Å². The molecule has 2 N–H and O–H groups in total. The molecule has 1 aliphatic rings. The molecular weight excluding hydrogens is 314 g/mol. The molecule has 0 heterocycles. The summed E-state index contributed by atoms with van der Waals surface area (Å²) in [5, 5.41) is 14.6. The average Bonchev–Trinajstić information content (AvgIpc) is 2.56. The van der Waals surface area contributed by atoms with E-state index in [0.717, 1.165) is 35.8 Å². The first-order chi connectivity index (χ1) is 8.59. The van der Waals surface area contributed by atoms with Gasteiger partial charge in [-0.3, -0.25) is 0 Å². The van der Waals surface area contributed by atoms with Gasteiger partial charge in [-0.05, 0) is 47.0 Å². The zero-order valence-corrected chi connectivity index (χ0v) is 12.7. The lowest BCUT2D eigenvalue weighted by Crippen LogP contribution is -2.36. The summed E-state index contributed by atoms with van der Waals surface area (Å²) in [6, 6.07) is 5.74. The van der Waals surface area contributed by atoms with Crippen LogP contribution in [0.25, 0.3) is 0 Å². The molecule has 0 aliphatic heterocycles. The van der Waals surface area contributed by atoms with E-state index in [-0.39, 0.29) is 0 Å². The maximum Gasteiger partial charge on any atom is 0.0819 e. The van der Waals surface area contributed by atoms with E-state index in [1.165, 1.54) is 12.8 Å². The molecule has 0 amide bonds. The predicted molar refractivity (Wildman–Crippen MR) is 80.3 cm³/mol. The minimum absolute atomic E-state index is 0.553. The van der Waals surface area contributed by atoms with Crippen LogP contribution in [-0.4, -0.2) is 17.3 Å². The first-order valence-corrected chi connectivity index (χ1v) is 7.67. The monoisotopic (exact) mass is 331 g/mol. The van der Waals surface area contributed by atoms with Crippen molar-refractivity contribution in [3.05, 3.63) is 27.7 Å². The van der Waals surface area contributed by atoms with Crippen molar-refractivity contribution in [2.75, 3.05) is 11.9 Å². The van der Waals surface area contributed by atoms with Crippen LogP contribution in [0.4, 0.5) is 5.69 Å². The summed E-state index contributed by atoms with van der Waals surface area (Å²) in [7, 11) is 0. The van der Waals surface area contributed by atoms with Gasteiger partial charge in [-0.25, -0.2) is 0 Å². The topological polar surface area (TPSA) is 32.3 Å². The summed E-state index contributed by atoms with van der Waals surface area (Å²) in [6.45, 7) is 0.612. The molecule has 2 rings (SSSR count). The number of benzene rings is 1. The minimum atomic E-state index is -0.553. The van der Waals surface area contributed by atoms with Gasteiger partial charge >= 0.3 is 0 Å². The van der Waals surface area contributed by atoms with E-state index in [9.17, 15) is 5.11 Å². The van der Waals surface area contributed by atoms with Crippen LogP contribution in [0.2, 0.25) is 5.02 Å². The van der Waals surface area contributed by atoms with Crippen LogP contribution in [0.15, 0.2) is 22.7 Å². The van der Waals surface area contributed by atoms with E-state index in [4.69, 9.17) is 11.6 Å². The molecule has 1 aromatic carbocycles. The molecule has 0 atom stereocenters. The van der Waals surface area contributed by atoms with Crippen LogP contribution >= 0.6 is 27.5 Å². The molecule has 1 aliphatic carbocycles. The highest BCUT2D eigenvalue weighted by molar-refractivity contribution is 9.10. The van der Waals surface area contributed by atoms with Crippen molar-refractivity contribution >= 4 is 33.2 Å². The van der Waals surface area contributed by atoms with Crippen LogP contribution in [0.5, 0.6) is 0 Å². The van der Waals surface area contributed by atoms with Crippen LogP contribution in [-0.2, 0) is 0 Å². The van der Waals surface area contributed by atoms with Gasteiger partial charge < -0.3 is 10.4 Å². The third kappa shape index (κ3) is 3.87. The second-order valence-electron chi connectivity index (χ2n) is 5.12. The molecule has 1 fully saturated rings. The maximum absolute atomic E-state index is 10.5. The van der Waals surface area contributed by atoms with Crippen molar-refractivity contribution < 1.29 is 5.11 Å². The third-order valence-electron chi connectivity index (χ3n) is 3.58. The molecule has 0 bridgehead atoms. The fraction of sp³-hybridized carbons (Fsp3) is 0.571. The van der Waals surface area contributed by atoms with Gasteiger partial charge in [-0.15, -0.1) is 0 Å². The fourth-order valence-electron chi connectivity index (χ4n) is 2.44. The lowest BCUT2D eigenvalue weighted by Gasteiger charge is -2.27. The van der Waals surface area contributed by atoms with Gasteiger partial charge in [0.15, 0.2) is 0 Å². The zero-order valence-electron chi connectivity index (χ0n) is 10.4. The van der Waals surface area contributed by atoms with Gasteiger partial charge in [0, 0.05) is 16.7 Å². The number of halogens is 2. The van der Waals surface area contributed by atoms with Crippen molar-refractivity contribution in [1.82, 2.24) is 0 Å². The lowest BCUT2D eigenvalue weighted by atomic mass is 9.94.